The van der Waals surface area contributed by atoms with Crippen LogP contribution >= 0.6 is 11.8 Å². The van der Waals surface area contributed by atoms with Crippen molar-refractivity contribution in [3.05, 3.63) is 0 Å². The van der Waals surface area contributed by atoms with Gasteiger partial charge in [-0.05, 0) is 12.2 Å². The smallest absolute Gasteiger partial charge is 0.385 e. The van der Waals surface area contributed by atoms with Crippen molar-refractivity contribution in [2.45, 2.75) is 24.8 Å². The van der Waals surface area contributed by atoms with Crippen LogP contribution in [0.3, 0.4) is 0 Å². The average molecular weight is 245 g/mol. The van der Waals surface area contributed by atoms with E-state index in [0.717, 1.165) is 12.2 Å². The van der Waals surface area contributed by atoms with Gasteiger partial charge in [0.1, 0.15) is 0 Å². The fraction of sp³-hybridized carbons (Fsp3) is 1.00. The molecule has 92 valence electrons. The van der Waals surface area contributed by atoms with Crippen molar-refractivity contribution in [3.63, 3.8) is 0 Å². The predicted octanol–water partition coefficient (Wildman–Crippen LogP) is 2.30. The normalized spacial score (nSPS) is 14.2. The van der Waals surface area contributed by atoms with E-state index < -0.39 is 12.7 Å². The number of ether oxygens (including phenoxy) is 1. The lowest BCUT2D eigenvalue weighted by Crippen LogP contribution is -2.32. The maximum absolute atomic E-state index is 11.8. The zero-order valence-electron chi connectivity index (χ0n) is 9.06. The molecule has 0 aliphatic carbocycles. The highest BCUT2D eigenvalue weighted by Gasteiger charge is 2.26. The summed E-state index contributed by atoms with van der Waals surface area (Å²) in [6.45, 7) is 2.10. The Balaban J connectivity index is 3.29. The summed E-state index contributed by atoms with van der Waals surface area (Å²) in [7, 11) is 1.64. The molecule has 2 nitrogen and oxygen atoms in total. The van der Waals surface area contributed by atoms with Crippen LogP contribution in [0.2, 0.25) is 0 Å². The third-order valence-corrected chi connectivity index (χ3v) is 2.91. The predicted molar refractivity (Wildman–Crippen MR) is 57.3 cm³/mol. The summed E-state index contributed by atoms with van der Waals surface area (Å²) in [6, 6.07) is 0. The molecule has 1 N–H and O–H groups in total. The summed E-state index contributed by atoms with van der Waals surface area (Å²) >= 11 is 1.66. The van der Waals surface area contributed by atoms with E-state index in [9.17, 15) is 13.2 Å². The zero-order valence-corrected chi connectivity index (χ0v) is 9.88. The SMILES string of the molecule is COCCCSC(C)CNCC(F)(F)F. The minimum Gasteiger partial charge on any atom is -0.385 e. The second-order valence-corrected chi connectivity index (χ2v) is 4.82. The third-order valence-electron chi connectivity index (χ3n) is 1.65. The van der Waals surface area contributed by atoms with Crippen LogP contribution in [0.15, 0.2) is 0 Å². The van der Waals surface area contributed by atoms with Gasteiger partial charge in [0.25, 0.3) is 0 Å². The number of nitrogens with one attached hydrogen (secondary N) is 1. The second kappa shape index (κ2) is 8.24. The summed E-state index contributed by atoms with van der Waals surface area (Å²) < 4.78 is 40.2. The standard InChI is InChI=1S/C9H18F3NOS/c1-8(15-5-3-4-14-2)6-13-7-9(10,11)12/h8,13H,3-7H2,1-2H3. The monoisotopic (exact) mass is 245 g/mol. The summed E-state index contributed by atoms with van der Waals surface area (Å²) in [4.78, 5) is 0. The molecule has 0 aromatic heterocycles. The van der Waals surface area contributed by atoms with Crippen LogP contribution in [-0.4, -0.2) is 44.0 Å². The van der Waals surface area contributed by atoms with E-state index in [2.05, 4.69) is 5.32 Å². The molecule has 6 heteroatoms. The number of halogens is 3. The molecule has 0 rings (SSSR count). The van der Waals surface area contributed by atoms with Gasteiger partial charge < -0.3 is 10.1 Å². The van der Waals surface area contributed by atoms with E-state index in [0.29, 0.717) is 13.2 Å². The van der Waals surface area contributed by atoms with Crippen LogP contribution < -0.4 is 5.32 Å². The molecule has 1 unspecified atom stereocenters. The Morgan fingerprint density at radius 1 is 1.40 bits per heavy atom. The first-order valence-electron chi connectivity index (χ1n) is 4.83. The Labute approximate surface area is 92.9 Å². The van der Waals surface area contributed by atoms with Gasteiger partial charge in [-0.2, -0.15) is 24.9 Å². The maximum atomic E-state index is 11.8. The quantitative estimate of drug-likeness (QED) is 0.663. The van der Waals surface area contributed by atoms with Gasteiger partial charge in [0.15, 0.2) is 0 Å². The molecule has 0 aliphatic rings. The van der Waals surface area contributed by atoms with Crippen LogP contribution in [0.4, 0.5) is 13.2 Å². The minimum atomic E-state index is -4.11. The molecule has 0 saturated carbocycles. The number of alkyl halides is 3. The van der Waals surface area contributed by atoms with Gasteiger partial charge in [0.05, 0.1) is 6.54 Å². The highest BCUT2D eigenvalue weighted by Crippen LogP contribution is 2.14. The highest BCUT2D eigenvalue weighted by atomic mass is 32.2. The molecular formula is C9H18F3NOS. The molecule has 0 aromatic rings. The van der Waals surface area contributed by atoms with E-state index in [1.54, 1.807) is 18.9 Å². The van der Waals surface area contributed by atoms with Gasteiger partial charge in [0.2, 0.25) is 0 Å². The Bertz CT molecular complexity index is 155. The average Bonchev–Trinajstić information content (AvgIpc) is 2.10. The van der Waals surface area contributed by atoms with Gasteiger partial charge in [0, 0.05) is 25.5 Å². The van der Waals surface area contributed by atoms with E-state index in [1.807, 2.05) is 6.92 Å². The summed E-state index contributed by atoms with van der Waals surface area (Å²) in [5.41, 5.74) is 0. The first-order chi connectivity index (χ1) is 6.95. The Hall–Kier alpha value is 0.0600. The Morgan fingerprint density at radius 3 is 2.60 bits per heavy atom. The molecule has 0 bridgehead atoms. The Morgan fingerprint density at radius 2 is 2.07 bits per heavy atom. The molecule has 0 amide bonds. The third kappa shape index (κ3) is 12.0. The van der Waals surface area contributed by atoms with Crippen LogP contribution in [-0.2, 0) is 4.74 Å². The van der Waals surface area contributed by atoms with Crippen LogP contribution in [0, 0.1) is 0 Å². The van der Waals surface area contributed by atoms with E-state index in [4.69, 9.17) is 4.74 Å². The molecular weight excluding hydrogens is 227 g/mol. The van der Waals surface area contributed by atoms with Crippen molar-refractivity contribution in [2.24, 2.45) is 0 Å². The first-order valence-corrected chi connectivity index (χ1v) is 5.88. The number of methoxy groups -OCH3 is 1. The van der Waals surface area contributed by atoms with E-state index in [1.165, 1.54) is 0 Å². The molecule has 0 aromatic carbocycles. The topological polar surface area (TPSA) is 21.3 Å². The van der Waals surface area contributed by atoms with Crippen molar-refractivity contribution < 1.29 is 17.9 Å². The highest BCUT2D eigenvalue weighted by molar-refractivity contribution is 7.99. The minimum absolute atomic E-state index is 0.198. The van der Waals surface area contributed by atoms with Gasteiger partial charge in [-0.1, -0.05) is 6.92 Å². The van der Waals surface area contributed by atoms with Crippen molar-refractivity contribution in [2.75, 3.05) is 32.6 Å². The molecule has 0 radical (unpaired) electrons. The van der Waals surface area contributed by atoms with E-state index in [-0.39, 0.29) is 5.25 Å². The molecule has 0 spiro atoms. The zero-order chi connectivity index (χ0) is 11.7. The molecule has 0 saturated heterocycles. The molecule has 0 aliphatic heterocycles. The molecule has 1 atom stereocenters. The number of hydrogen-bond donors (Lipinski definition) is 1. The van der Waals surface area contributed by atoms with Gasteiger partial charge in [-0.15, -0.1) is 0 Å². The maximum Gasteiger partial charge on any atom is 0.401 e. The fourth-order valence-electron chi connectivity index (χ4n) is 0.964. The van der Waals surface area contributed by atoms with Gasteiger partial charge in [-0.3, -0.25) is 0 Å². The lowest BCUT2D eigenvalue weighted by atomic mass is 10.4. The van der Waals surface area contributed by atoms with Crippen molar-refractivity contribution in [3.8, 4) is 0 Å². The van der Waals surface area contributed by atoms with Crippen LogP contribution in [0.5, 0.6) is 0 Å². The molecule has 0 fully saturated rings. The molecule has 15 heavy (non-hydrogen) atoms. The van der Waals surface area contributed by atoms with Gasteiger partial charge >= 0.3 is 6.18 Å². The van der Waals surface area contributed by atoms with Crippen molar-refractivity contribution in [1.82, 2.24) is 5.32 Å². The summed E-state index contributed by atoms with van der Waals surface area (Å²) in [6.07, 6.45) is -3.18. The number of hydrogen-bond acceptors (Lipinski definition) is 3. The largest absolute Gasteiger partial charge is 0.401 e. The van der Waals surface area contributed by atoms with Gasteiger partial charge in [-0.25, -0.2) is 0 Å². The van der Waals surface area contributed by atoms with Crippen molar-refractivity contribution >= 4 is 11.8 Å². The lowest BCUT2D eigenvalue weighted by molar-refractivity contribution is -0.124. The fourth-order valence-corrected chi connectivity index (χ4v) is 1.89. The Kier molecular flexibility index (Phi) is 8.27. The lowest BCUT2D eigenvalue weighted by Gasteiger charge is -2.13. The van der Waals surface area contributed by atoms with Crippen molar-refractivity contribution in [1.29, 1.82) is 0 Å². The van der Waals surface area contributed by atoms with Crippen LogP contribution in [0.25, 0.3) is 0 Å². The summed E-state index contributed by atoms with van der Waals surface area (Å²) in [5, 5.41) is 2.59. The van der Waals surface area contributed by atoms with E-state index >= 15 is 0 Å². The first kappa shape index (κ1) is 15.1. The number of thioether (sulfide) groups is 1. The molecule has 0 heterocycles. The number of rotatable bonds is 8. The summed E-state index contributed by atoms with van der Waals surface area (Å²) in [5.74, 6) is 0.919. The van der Waals surface area contributed by atoms with Crippen LogP contribution in [0.1, 0.15) is 13.3 Å². The second-order valence-electron chi connectivity index (χ2n) is 3.27.